The fourth-order valence-corrected chi connectivity index (χ4v) is 4.80. The lowest BCUT2D eigenvalue weighted by Crippen LogP contribution is -2.27. The molecular weight excluding hydrogens is 587 g/mol. The number of alkyl halides is 4. The van der Waals surface area contributed by atoms with Gasteiger partial charge in [-0.2, -0.15) is 0 Å². The van der Waals surface area contributed by atoms with Gasteiger partial charge in [-0.1, -0.05) is 29.5 Å². The van der Waals surface area contributed by atoms with Crippen molar-refractivity contribution in [2.45, 2.75) is 51.8 Å². The Morgan fingerprint density at radius 3 is 2.76 bits per heavy atom. The summed E-state index contributed by atoms with van der Waals surface area (Å²) in [7, 11) is 0. The van der Waals surface area contributed by atoms with E-state index in [0.29, 0.717) is 5.01 Å². The van der Waals surface area contributed by atoms with Gasteiger partial charge in [-0.05, 0) is 30.2 Å². The second-order valence-corrected chi connectivity index (χ2v) is 10.4. The zero-order chi connectivity index (χ0) is 30.3. The van der Waals surface area contributed by atoms with Crippen molar-refractivity contribution in [1.29, 1.82) is 0 Å². The number of aromatic nitrogens is 6. The third-order valence-corrected chi connectivity index (χ3v) is 7.07. The van der Waals surface area contributed by atoms with E-state index in [1.54, 1.807) is 24.5 Å². The number of amides is 2. The van der Waals surface area contributed by atoms with Crippen LogP contribution in [0, 0.1) is 11.8 Å². The maximum Gasteiger partial charge on any atom is 0.572 e. The maximum atomic E-state index is 14.6. The van der Waals surface area contributed by atoms with E-state index >= 15 is 0 Å². The van der Waals surface area contributed by atoms with Crippen LogP contribution in [-0.2, 0) is 29.0 Å². The van der Waals surface area contributed by atoms with E-state index in [1.165, 1.54) is 17.8 Å². The third-order valence-electron chi connectivity index (χ3n) is 6.17. The summed E-state index contributed by atoms with van der Waals surface area (Å²) >= 11 is 0.987. The number of hydrogen-bond acceptors (Lipinski definition) is 9. The summed E-state index contributed by atoms with van der Waals surface area (Å²) in [6.45, 7) is 1.42. The number of nitrogens with one attached hydrogen (secondary N) is 2. The summed E-state index contributed by atoms with van der Waals surface area (Å²) in [6.07, 6.45) is -0.232. The first-order chi connectivity index (χ1) is 20.0. The van der Waals surface area contributed by atoms with Crippen LogP contribution < -0.4 is 10.6 Å². The molecule has 0 saturated carbocycles. The number of rotatable bonds is 12. The minimum atomic E-state index is -4.94. The van der Waals surface area contributed by atoms with Crippen molar-refractivity contribution in [3.05, 3.63) is 70.7 Å². The lowest BCUT2D eigenvalue weighted by Gasteiger charge is -2.27. The summed E-state index contributed by atoms with van der Waals surface area (Å²) in [5.74, 6) is -4.57. The van der Waals surface area contributed by atoms with Gasteiger partial charge in [0.25, 0.3) is 5.91 Å². The first-order valence-corrected chi connectivity index (χ1v) is 13.4. The molecule has 0 fully saturated rings. The first kappa shape index (κ1) is 30.7. The largest absolute Gasteiger partial charge is 0.572 e. The number of carbonyl (C=O) groups is 2. The highest BCUT2D eigenvalue weighted by Crippen LogP contribution is 2.38. The summed E-state index contributed by atoms with van der Waals surface area (Å²) in [5, 5.41) is 20.9. The number of ether oxygens (including phenoxy) is 1. The van der Waals surface area contributed by atoms with Gasteiger partial charge in [-0.25, -0.2) is 13.5 Å². The standard InChI is InChI=1S/C25H25F5N8O3S/c1-14-17(18(27)5-6-20(14)41-25(28,29)30)9-21(39)33-24-36-35-22(42-24)7-4-16(26)12-38-13-19(34-37-38)23(40)32-11-15-3-2-8-31-10-15/h2-3,5-6,8,10,13-14,16-17H,4,7,9,11-12H2,1H3,(H,32,40)(H,33,36,39). The molecule has 2 N–H and O–H groups in total. The van der Waals surface area contributed by atoms with Gasteiger partial charge < -0.3 is 15.4 Å². The van der Waals surface area contributed by atoms with Crippen LogP contribution in [0.3, 0.4) is 0 Å². The quantitative estimate of drug-likeness (QED) is 0.289. The highest BCUT2D eigenvalue weighted by atomic mass is 32.1. The van der Waals surface area contributed by atoms with Crippen LogP contribution >= 0.6 is 11.3 Å². The topological polar surface area (TPSA) is 137 Å². The average molecular weight is 613 g/mol. The monoisotopic (exact) mass is 612 g/mol. The molecular formula is C25H25F5N8O3S. The van der Waals surface area contributed by atoms with Crippen LogP contribution in [0.1, 0.15) is 40.8 Å². The summed E-state index contributed by atoms with van der Waals surface area (Å²) in [4.78, 5) is 28.7. The highest BCUT2D eigenvalue weighted by Gasteiger charge is 2.38. The van der Waals surface area contributed by atoms with E-state index in [9.17, 15) is 31.5 Å². The van der Waals surface area contributed by atoms with Gasteiger partial charge in [-0.15, -0.1) is 28.5 Å². The lowest BCUT2D eigenvalue weighted by molar-refractivity contribution is -0.309. The summed E-state index contributed by atoms with van der Waals surface area (Å²) in [5.41, 5.74) is 0.839. The Bertz CT molecular complexity index is 1440. The molecule has 3 heterocycles. The van der Waals surface area contributed by atoms with Crippen LogP contribution in [0.25, 0.3) is 0 Å². The number of pyridine rings is 1. The van der Waals surface area contributed by atoms with Crippen molar-refractivity contribution in [2.75, 3.05) is 5.32 Å². The Morgan fingerprint density at radius 2 is 2.02 bits per heavy atom. The van der Waals surface area contributed by atoms with Crippen molar-refractivity contribution in [3.8, 4) is 0 Å². The fraction of sp³-hybridized carbons (Fsp3) is 0.400. The molecule has 0 spiro atoms. The van der Waals surface area contributed by atoms with Crippen LogP contribution in [0.2, 0.25) is 0 Å². The number of nitrogens with zero attached hydrogens (tertiary/aromatic N) is 6. The zero-order valence-electron chi connectivity index (χ0n) is 22.0. The number of aryl methyl sites for hydroxylation is 1. The van der Waals surface area contributed by atoms with Gasteiger partial charge in [0.1, 0.15) is 22.8 Å². The zero-order valence-corrected chi connectivity index (χ0v) is 22.8. The first-order valence-electron chi connectivity index (χ1n) is 12.6. The van der Waals surface area contributed by atoms with Crippen LogP contribution in [0.5, 0.6) is 0 Å². The molecule has 3 aromatic rings. The number of hydrogen-bond donors (Lipinski definition) is 2. The normalized spacial score (nSPS) is 17.7. The Morgan fingerprint density at radius 1 is 1.21 bits per heavy atom. The molecule has 2 amide bonds. The number of anilines is 1. The van der Waals surface area contributed by atoms with Gasteiger partial charge in [-0.3, -0.25) is 14.6 Å². The van der Waals surface area contributed by atoms with E-state index in [-0.39, 0.29) is 36.8 Å². The lowest BCUT2D eigenvalue weighted by atomic mass is 9.84. The fourth-order valence-electron chi connectivity index (χ4n) is 4.03. The molecule has 3 unspecified atom stereocenters. The van der Waals surface area contributed by atoms with Crippen LogP contribution in [-0.4, -0.2) is 54.5 Å². The molecule has 0 aliphatic heterocycles. The van der Waals surface area contributed by atoms with Crippen molar-refractivity contribution in [3.63, 3.8) is 0 Å². The molecule has 17 heteroatoms. The molecule has 224 valence electrons. The minimum absolute atomic E-state index is 0.0358. The molecule has 0 radical (unpaired) electrons. The van der Waals surface area contributed by atoms with Gasteiger partial charge in [0.2, 0.25) is 11.0 Å². The van der Waals surface area contributed by atoms with Crippen LogP contribution in [0.4, 0.5) is 27.1 Å². The summed E-state index contributed by atoms with van der Waals surface area (Å²) in [6, 6.07) is 3.54. The molecule has 0 aromatic carbocycles. The molecule has 0 bridgehead atoms. The average Bonchev–Trinajstić information content (AvgIpc) is 3.59. The van der Waals surface area contributed by atoms with Gasteiger partial charge in [0.05, 0.1) is 12.7 Å². The third kappa shape index (κ3) is 8.86. The highest BCUT2D eigenvalue weighted by molar-refractivity contribution is 7.15. The van der Waals surface area contributed by atoms with Crippen molar-refractivity contribution in [1.82, 2.24) is 35.5 Å². The molecule has 11 nitrogen and oxygen atoms in total. The SMILES string of the molecule is CC1C(OC(F)(F)F)=CC=C(F)C1CC(=O)Nc1nnc(CCC(F)Cn2cc(C(=O)NCc3cccnc3)nn2)s1. The number of halogens is 5. The van der Waals surface area contributed by atoms with Gasteiger partial charge in [0, 0.05) is 43.6 Å². The number of allylic oxidation sites excluding steroid dienone is 4. The smallest absolute Gasteiger partial charge is 0.410 e. The number of carbonyl (C=O) groups excluding carboxylic acids is 2. The van der Waals surface area contributed by atoms with Gasteiger partial charge >= 0.3 is 6.36 Å². The van der Waals surface area contributed by atoms with Crippen LogP contribution in [0.15, 0.2) is 54.5 Å². The molecule has 3 atom stereocenters. The molecule has 1 aliphatic rings. The van der Waals surface area contributed by atoms with Crippen molar-refractivity contribution >= 4 is 28.3 Å². The van der Waals surface area contributed by atoms with E-state index in [4.69, 9.17) is 0 Å². The Labute approximate surface area is 239 Å². The Kier molecular flexibility index (Phi) is 9.92. The minimum Gasteiger partial charge on any atom is -0.410 e. The van der Waals surface area contributed by atoms with Crippen molar-refractivity contribution in [2.24, 2.45) is 11.8 Å². The summed E-state index contributed by atoms with van der Waals surface area (Å²) < 4.78 is 71.8. The van der Waals surface area contributed by atoms with E-state index < -0.39 is 54.2 Å². The molecule has 42 heavy (non-hydrogen) atoms. The molecule has 4 rings (SSSR count). The maximum absolute atomic E-state index is 14.6. The molecule has 1 aliphatic carbocycles. The van der Waals surface area contributed by atoms with E-state index in [0.717, 1.165) is 29.1 Å². The van der Waals surface area contributed by atoms with Gasteiger partial charge in [0.15, 0.2) is 5.69 Å². The molecule has 0 saturated heterocycles. The Balaban J connectivity index is 1.21. The Hall–Kier alpha value is -4.28. The second kappa shape index (κ2) is 13.6. The molecule has 3 aromatic heterocycles. The van der Waals surface area contributed by atoms with Crippen molar-refractivity contribution < 1.29 is 36.3 Å². The predicted molar refractivity (Wildman–Crippen MR) is 139 cm³/mol. The predicted octanol–water partition coefficient (Wildman–Crippen LogP) is 4.29. The second-order valence-electron chi connectivity index (χ2n) is 9.32. The van der Waals surface area contributed by atoms with E-state index in [2.05, 4.69) is 40.9 Å². The van der Waals surface area contributed by atoms with E-state index in [1.807, 2.05) is 0 Å².